The van der Waals surface area contributed by atoms with Gasteiger partial charge in [-0.3, -0.25) is 4.79 Å². The topological polar surface area (TPSA) is 43.6 Å². The molecule has 0 N–H and O–H groups in total. The number of aryl methyl sites for hydroxylation is 2. The highest BCUT2D eigenvalue weighted by Crippen LogP contribution is 2.24. The number of thiazole rings is 1. The highest BCUT2D eigenvalue weighted by molar-refractivity contribution is 7.16. The van der Waals surface area contributed by atoms with Crippen molar-refractivity contribution in [3.8, 4) is 0 Å². The maximum atomic E-state index is 12.8. The van der Waals surface area contributed by atoms with Crippen LogP contribution in [0, 0.1) is 13.8 Å². The molecular formula is C20H20Cl2N2O2S. The smallest absolute Gasteiger partial charge is 0.281 e. The van der Waals surface area contributed by atoms with E-state index in [0.29, 0.717) is 40.2 Å². The van der Waals surface area contributed by atoms with Crippen molar-refractivity contribution in [2.75, 3.05) is 13.2 Å². The molecule has 27 heavy (non-hydrogen) atoms. The van der Waals surface area contributed by atoms with Crippen molar-refractivity contribution in [3.63, 3.8) is 0 Å². The second kappa shape index (κ2) is 8.57. The van der Waals surface area contributed by atoms with Gasteiger partial charge in [-0.25, -0.2) is 0 Å². The number of nitrogens with zero attached hydrogens (tertiary/aromatic N) is 2. The molecule has 2 aromatic carbocycles. The number of hydrogen-bond donors (Lipinski definition) is 0. The molecule has 0 saturated carbocycles. The number of carbonyl (C=O) groups is 1. The monoisotopic (exact) mass is 422 g/mol. The fourth-order valence-electron chi connectivity index (χ4n) is 2.99. The van der Waals surface area contributed by atoms with Gasteiger partial charge in [-0.15, -0.1) is 0 Å². The molecule has 0 aliphatic heterocycles. The lowest BCUT2D eigenvalue weighted by Gasteiger charge is -2.08. The Labute approximate surface area is 172 Å². The van der Waals surface area contributed by atoms with Crippen LogP contribution in [0.3, 0.4) is 0 Å². The minimum absolute atomic E-state index is 0.297. The van der Waals surface area contributed by atoms with Gasteiger partial charge < -0.3 is 9.30 Å². The average Bonchev–Trinajstić information content (AvgIpc) is 2.94. The van der Waals surface area contributed by atoms with E-state index in [9.17, 15) is 4.79 Å². The second-order valence-corrected chi connectivity index (χ2v) is 8.06. The molecule has 1 amide bonds. The first kappa shape index (κ1) is 20.1. The summed E-state index contributed by atoms with van der Waals surface area (Å²) in [6, 6.07) is 9.04. The number of amides is 1. The highest BCUT2D eigenvalue weighted by atomic mass is 35.5. The summed E-state index contributed by atoms with van der Waals surface area (Å²) in [5, 5.41) is 0.784. The van der Waals surface area contributed by atoms with Gasteiger partial charge in [0.2, 0.25) is 0 Å². The van der Waals surface area contributed by atoms with Crippen molar-refractivity contribution in [1.82, 2.24) is 4.57 Å². The lowest BCUT2D eigenvalue weighted by atomic mass is 10.1. The Kier molecular flexibility index (Phi) is 6.37. The van der Waals surface area contributed by atoms with Crippen molar-refractivity contribution in [2.45, 2.75) is 27.3 Å². The van der Waals surface area contributed by atoms with Gasteiger partial charge in [0.05, 0.1) is 27.4 Å². The molecule has 0 radical (unpaired) electrons. The Balaban J connectivity index is 2.15. The van der Waals surface area contributed by atoms with Crippen molar-refractivity contribution in [1.29, 1.82) is 0 Å². The molecule has 7 heteroatoms. The van der Waals surface area contributed by atoms with E-state index < -0.39 is 5.91 Å². The predicted molar refractivity (Wildman–Crippen MR) is 112 cm³/mol. The van der Waals surface area contributed by atoms with Gasteiger partial charge in [0, 0.05) is 18.2 Å². The predicted octanol–water partition coefficient (Wildman–Crippen LogP) is 5.40. The maximum absolute atomic E-state index is 12.8. The van der Waals surface area contributed by atoms with Gasteiger partial charge in [-0.1, -0.05) is 40.6 Å². The van der Waals surface area contributed by atoms with E-state index in [-0.39, 0.29) is 0 Å². The number of halogens is 2. The largest absolute Gasteiger partial charge is 0.380 e. The number of aromatic nitrogens is 1. The van der Waals surface area contributed by atoms with Gasteiger partial charge in [-0.2, -0.15) is 4.99 Å². The Morgan fingerprint density at radius 1 is 1.22 bits per heavy atom. The molecule has 3 aromatic rings. The van der Waals surface area contributed by atoms with E-state index in [1.807, 2.05) is 11.5 Å². The Morgan fingerprint density at radius 3 is 2.74 bits per heavy atom. The third-order valence-electron chi connectivity index (χ3n) is 4.13. The Hall–Kier alpha value is -1.66. The first-order valence-electron chi connectivity index (χ1n) is 8.63. The van der Waals surface area contributed by atoms with E-state index >= 15 is 0 Å². The number of rotatable bonds is 5. The zero-order valence-corrected chi connectivity index (χ0v) is 17.7. The molecule has 1 aromatic heterocycles. The van der Waals surface area contributed by atoms with Crippen LogP contribution in [-0.4, -0.2) is 23.7 Å². The normalized spacial score (nSPS) is 12.1. The number of hydrogen-bond acceptors (Lipinski definition) is 3. The van der Waals surface area contributed by atoms with Crippen molar-refractivity contribution >= 4 is 50.7 Å². The minimum atomic E-state index is -0.409. The standard InChI is InChI=1S/C20H20Cl2N2O2S/c1-4-26-8-7-24-18-13(3)9-12(2)10-17(18)27-20(24)23-19(25)15-11-14(21)5-6-16(15)22/h5-6,9-11H,4,7-8H2,1-3H3. The number of fused-ring (bicyclic) bond motifs is 1. The minimum Gasteiger partial charge on any atom is -0.380 e. The van der Waals surface area contributed by atoms with E-state index in [4.69, 9.17) is 27.9 Å². The molecule has 0 aliphatic rings. The first-order chi connectivity index (χ1) is 12.9. The molecule has 0 saturated heterocycles. The molecule has 0 fully saturated rings. The zero-order chi connectivity index (χ0) is 19.6. The molecular weight excluding hydrogens is 403 g/mol. The molecule has 1 heterocycles. The van der Waals surface area contributed by atoms with Gasteiger partial charge >= 0.3 is 0 Å². The number of benzene rings is 2. The number of ether oxygens (including phenoxy) is 1. The lowest BCUT2D eigenvalue weighted by Crippen LogP contribution is -2.20. The molecule has 0 aliphatic carbocycles. The van der Waals surface area contributed by atoms with Crippen LogP contribution >= 0.6 is 34.5 Å². The summed E-state index contributed by atoms with van der Waals surface area (Å²) in [5.74, 6) is -0.409. The quantitative estimate of drug-likeness (QED) is 0.516. The average molecular weight is 423 g/mol. The van der Waals surface area contributed by atoms with Crippen LogP contribution in [0.4, 0.5) is 0 Å². The van der Waals surface area contributed by atoms with E-state index in [0.717, 1.165) is 15.8 Å². The Morgan fingerprint density at radius 2 is 2.00 bits per heavy atom. The molecule has 0 spiro atoms. The number of carbonyl (C=O) groups excluding carboxylic acids is 1. The summed E-state index contributed by atoms with van der Waals surface area (Å²) in [6.07, 6.45) is 0. The van der Waals surface area contributed by atoms with Crippen LogP contribution in [0.2, 0.25) is 10.0 Å². The Bertz CT molecular complexity index is 1070. The summed E-state index contributed by atoms with van der Waals surface area (Å²) < 4.78 is 8.65. The molecule has 3 rings (SSSR count). The van der Waals surface area contributed by atoms with Gasteiger partial charge in [0.1, 0.15) is 0 Å². The molecule has 0 bridgehead atoms. The highest BCUT2D eigenvalue weighted by Gasteiger charge is 2.14. The maximum Gasteiger partial charge on any atom is 0.281 e. The van der Waals surface area contributed by atoms with Gasteiger partial charge in [0.15, 0.2) is 4.80 Å². The molecule has 142 valence electrons. The van der Waals surface area contributed by atoms with E-state index in [2.05, 4.69) is 31.0 Å². The summed E-state index contributed by atoms with van der Waals surface area (Å²) in [7, 11) is 0. The van der Waals surface area contributed by atoms with Crippen LogP contribution < -0.4 is 4.80 Å². The van der Waals surface area contributed by atoms with Gasteiger partial charge in [-0.05, 0) is 56.2 Å². The summed E-state index contributed by atoms with van der Waals surface area (Å²) in [4.78, 5) is 17.7. The fourth-order valence-corrected chi connectivity index (χ4v) is 4.59. The van der Waals surface area contributed by atoms with Crippen LogP contribution in [0.5, 0.6) is 0 Å². The molecule has 4 nitrogen and oxygen atoms in total. The third kappa shape index (κ3) is 4.43. The SMILES string of the molecule is CCOCCn1c(=NC(=O)c2cc(Cl)ccc2Cl)sc2cc(C)cc(C)c21. The zero-order valence-electron chi connectivity index (χ0n) is 15.4. The first-order valence-corrected chi connectivity index (χ1v) is 10.2. The van der Waals surface area contributed by atoms with E-state index in [1.54, 1.807) is 18.2 Å². The van der Waals surface area contributed by atoms with Crippen LogP contribution in [0.1, 0.15) is 28.4 Å². The van der Waals surface area contributed by atoms with Crippen molar-refractivity contribution in [3.05, 3.63) is 61.9 Å². The van der Waals surface area contributed by atoms with Gasteiger partial charge in [0.25, 0.3) is 5.91 Å². The third-order valence-corrected chi connectivity index (χ3v) is 5.72. The molecule has 0 unspecified atom stereocenters. The summed E-state index contributed by atoms with van der Waals surface area (Å²) in [5.41, 5.74) is 3.70. The summed E-state index contributed by atoms with van der Waals surface area (Å²) in [6.45, 7) is 7.90. The van der Waals surface area contributed by atoms with E-state index in [1.165, 1.54) is 16.9 Å². The summed E-state index contributed by atoms with van der Waals surface area (Å²) >= 11 is 13.7. The van der Waals surface area contributed by atoms with Crippen LogP contribution in [0.25, 0.3) is 10.2 Å². The molecule has 0 atom stereocenters. The van der Waals surface area contributed by atoms with Crippen LogP contribution in [-0.2, 0) is 11.3 Å². The second-order valence-electron chi connectivity index (χ2n) is 6.20. The lowest BCUT2D eigenvalue weighted by molar-refractivity contribution is 0.0997. The van der Waals surface area contributed by atoms with Crippen molar-refractivity contribution in [2.24, 2.45) is 4.99 Å². The van der Waals surface area contributed by atoms with Crippen molar-refractivity contribution < 1.29 is 9.53 Å². The van der Waals surface area contributed by atoms with Crippen LogP contribution in [0.15, 0.2) is 35.3 Å². The fraction of sp³-hybridized carbons (Fsp3) is 0.300.